The molecule has 3 nitrogen and oxygen atoms in total. The number of halogens is 1. The van der Waals surface area contributed by atoms with E-state index in [0.717, 1.165) is 20.1 Å². The zero-order chi connectivity index (χ0) is 15.5. The Morgan fingerprint density at radius 3 is 2.50 bits per heavy atom. The summed E-state index contributed by atoms with van der Waals surface area (Å²) in [5.74, 6) is 0.997. The molecule has 3 aromatic rings. The largest absolute Gasteiger partial charge is 0.465 e. The van der Waals surface area contributed by atoms with Crippen LogP contribution >= 0.6 is 22.6 Å². The second-order valence-electron chi connectivity index (χ2n) is 4.75. The fourth-order valence-electron chi connectivity index (χ4n) is 2.18. The summed E-state index contributed by atoms with van der Waals surface area (Å²) in [5, 5.41) is 2.27. The van der Waals surface area contributed by atoms with Crippen LogP contribution in [0.1, 0.15) is 10.4 Å². The van der Waals surface area contributed by atoms with E-state index in [1.165, 1.54) is 7.11 Å². The predicted octanol–water partition coefficient (Wildman–Crippen LogP) is 5.02. The molecule has 4 heteroatoms. The molecule has 0 aliphatic rings. The number of carbonyl (C=O) groups is 1. The lowest BCUT2D eigenvalue weighted by molar-refractivity contribution is 0.0600. The quantitative estimate of drug-likeness (QED) is 0.454. The van der Waals surface area contributed by atoms with Crippen molar-refractivity contribution in [3.63, 3.8) is 0 Å². The Morgan fingerprint density at radius 1 is 0.955 bits per heavy atom. The van der Waals surface area contributed by atoms with Gasteiger partial charge in [-0.15, -0.1) is 0 Å². The second kappa shape index (κ2) is 6.36. The first-order chi connectivity index (χ1) is 10.7. The van der Waals surface area contributed by atoms with Crippen LogP contribution in [0.5, 0.6) is 11.5 Å². The topological polar surface area (TPSA) is 35.5 Å². The first kappa shape index (κ1) is 14.8. The number of rotatable bonds is 3. The zero-order valence-corrected chi connectivity index (χ0v) is 14.0. The molecule has 0 radical (unpaired) electrons. The van der Waals surface area contributed by atoms with Gasteiger partial charge in [0, 0.05) is 0 Å². The van der Waals surface area contributed by atoms with Crippen LogP contribution in [-0.2, 0) is 4.74 Å². The predicted molar refractivity (Wildman–Crippen MR) is 94.5 cm³/mol. The molecular weight excluding hydrogens is 391 g/mol. The van der Waals surface area contributed by atoms with Crippen molar-refractivity contribution in [3.8, 4) is 11.5 Å². The minimum absolute atomic E-state index is 0.375. The molecule has 0 fully saturated rings. The lowest BCUT2D eigenvalue weighted by atomic mass is 10.1. The van der Waals surface area contributed by atoms with Crippen LogP contribution < -0.4 is 4.74 Å². The molecule has 0 amide bonds. The molecule has 3 aromatic carbocycles. The average Bonchev–Trinajstić information content (AvgIpc) is 2.56. The standard InChI is InChI=1S/C18H13IO3/c1-21-18(20)14-7-9-16(19)17(11-14)22-15-8-6-12-4-2-3-5-13(12)10-15/h2-11H,1H3. The summed E-state index contributed by atoms with van der Waals surface area (Å²) in [4.78, 5) is 11.6. The molecule has 110 valence electrons. The number of methoxy groups -OCH3 is 1. The molecule has 22 heavy (non-hydrogen) atoms. The molecule has 0 aliphatic carbocycles. The zero-order valence-electron chi connectivity index (χ0n) is 11.9. The fourth-order valence-corrected chi connectivity index (χ4v) is 2.63. The first-order valence-corrected chi connectivity index (χ1v) is 7.80. The lowest BCUT2D eigenvalue weighted by Gasteiger charge is -2.10. The monoisotopic (exact) mass is 404 g/mol. The molecule has 0 saturated carbocycles. The van der Waals surface area contributed by atoms with Crippen molar-refractivity contribution in [2.24, 2.45) is 0 Å². The van der Waals surface area contributed by atoms with E-state index in [2.05, 4.69) is 28.7 Å². The van der Waals surface area contributed by atoms with E-state index in [0.29, 0.717) is 11.3 Å². The number of ether oxygens (including phenoxy) is 2. The van der Waals surface area contributed by atoms with Crippen LogP contribution in [0.25, 0.3) is 10.8 Å². The normalized spacial score (nSPS) is 10.5. The van der Waals surface area contributed by atoms with Gasteiger partial charge in [-0.05, 0) is 63.7 Å². The lowest BCUT2D eigenvalue weighted by Crippen LogP contribution is -2.01. The summed E-state index contributed by atoms with van der Waals surface area (Å²) in [7, 11) is 1.37. The van der Waals surface area contributed by atoms with Gasteiger partial charge in [0.2, 0.25) is 0 Å². The van der Waals surface area contributed by atoms with Crippen molar-refractivity contribution < 1.29 is 14.3 Å². The maximum absolute atomic E-state index is 11.6. The Balaban J connectivity index is 1.95. The molecule has 0 heterocycles. The van der Waals surface area contributed by atoms with Crippen LogP contribution in [0.3, 0.4) is 0 Å². The maximum atomic E-state index is 11.6. The summed E-state index contributed by atoms with van der Waals surface area (Å²) in [5.41, 5.74) is 0.471. The van der Waals surface area contributed by atoms with Crippen LogP contribution in [0.2, 0.25) is 0 Å². The molecule has 3 rings (SSSR count). The molecule has 0 spiro atoms. The van der Waals surface area contributed by atoms with Crippen molar-refractivity contribution in [1.82, 2.24) is 0 Å². The smallest absolute Gasteiger partial charge is 0.337 e. The summed E-state index contributed by atoms with van der Waals surface area (Å²) in [6.45, 7) is 0. The number of hydrogen-bond acceptors (Lipinski definition) is 3. The fraction of sp³-hybridized carbons (Fsp3) is 0.0556. The summed E-state index contributed by atoms with van der Waals surface area (Å²) in [6.07, 6.45) is 0. The van der Waals surface area contributed by atoms with Crippen LogP contribution in [0.4, 0.5) is 0 Å². The van der Waals surface area contributed by atoms with Crippen molar-refractivity contribution in [3.05, 3.63) is 69.8 Å². The highest BCUT2D eigenvalue weighted by Gasteiger charge is 2.10. The number of benzene rings is 3. The van der Waals surface area contributed by atoms with Gasteiger partial charge < -0.3 is 9.47 Å². The van der Waals surface area contributed by atoms with Gasteiger partial charge in [0.15, 0.2) is 0 Å². The first-order valence-electron chi connectivity index (χ1n) is 6.72. The molecular formula is C18H13IO3. The van der Waals surface area contributed by atoms with Crippen LogP contribution in [-0.4, -0.2) is 13.1 Å². The molecule has 0 atom stereocenters. The van der Waals surface area contributed by atoms with Gasteiger partial charge >= 0.3 is 5.97 Å². The molecule has 0 aliphatic heterocycles. The SMILES string of the molecule is COC(=O)c1ccc(I)c(Oc2ccc3ccccc3c2)c1. The number of esters is 1. The van der Waals surface area contributed by atoms with E-state index in [1.807, 2.05) is 42.5 Å². The van der Waals surface area contributed by atoms with E-state index in [1.54, 1.807) is 12.1 Å². The van der Waals surface area contributed by atoms with Gasteiger partial charge in [-0.1, -0.05) is 30.3 Å². The van der Waals surface area contributed by atoms with E-state index >= 15 is 0 Å². The van der Waals surface area contributed by atoms with Gasteiger partial charge in [0.05, 0.1) is 16.2 Å². The van der Waals surface area contributed by atoms with E-state index < -0.39 is 0 Å². The highest BCUT2D eigenvalue weighted by atomic mass is 127. The van der Waals surface area contributed by atoms with E-state index in [9.17, 15) is 4.79 Å². The Morgan fingerprint density at radius 2 is 1.73 bits per heavy atom. The van der Waals surface area contributed by atoms with Gasteiger partial charge in [0.25, 0.3) is 0 Å². The average molecular weight is 404 g/mol. The molecule has 0 saturated heterocycles. The molecule has 0 aromatic heterocycles. The summed E-state index contributed by atoms with van der Waals surface area (Å²) < 4.78 is 11.6. The minimum atomic E-state index is -0.375. The van der Waals surface area contributed by atoms with Gasteiger partial charge in [-0.3, -0.25) is 0 Å². The number of hydrogen-bond donors (Lipinski definition) is 0. The van der Waals surface area contributed by atoms with E-state index in [-0.39, 0.29) is 5.97 Å². The van der Waals surface area contributed by atoms with Crippen LogP contribution in [0.15, 0.2) is 60.7 Å². The third-order valence-electron chi connectivity index (χ3n) is 3.30. The Labute approximate surface area is 142 Å². The van der Waals surface area contributed by atoms with E-state index in [4.69, 9.17) is 9.47 Å². The van der Waals surface area contributed by atoms with Gasteiger partial charge in [0.1, 0.15) is 11.5 Å². The molecule has 0 bridgehead atoms. The van der Waals surface area contributed by atoms with Gasteiger partial charge in [-0.2, -0.15) is 0 Å². The maximum Gasteiger partial charge on any atom is 0.337 e. The van der Waals surface area contributed by atoms with Crippen molar-refractivity contribution in [1.29, 1.82) is 0 Å². The number of fused-ring (bicyclic) bond motifs is 1. The summed E-state index contributed by atoms with van der Waals surface area (Å²) in [6, 6.07) is 19.3. The van der Waals surface area contributed by atoms with Crippen molar-refractivity contribution in [2.45, 2.75) is 0 Å². The number of carbonyl (C=O) groups excluding carboxylic acids is 1. The minimum Gasteiger partial charge on any atom is -0.465 e. The second-order valence-corrected chi connectivity index (χ2v) is 5.91. The third-order valence-corrected chi connectivity index (χ3v) is 4.19. The van der Waals surface area contributed by atoms with Crippen LogP contribution in [0, 0.1) is 3.57 Å². The Bertz CT molecular complexity index is 843. The Hall–Kier alpha value is -2.08. The highest BCUT2D eigenvalue weighted by Crippen LogP contribution is 2.30. The molecule has 0 unspecified atom stereocenters. The molecule has 0 N–H and O–H groups in total. The summed E-state index contributed by atoms with van der Waals surface area (Å²) >= 11 is 2.18. The van der Waals surface area contributed by atoms with Crippen molar-refractivity contribution in [2.75, 3.05) is 7.11 Å². The van der Waals surface area contributed by atoms with Gasteiger partial charge in [-0.25, -0.2) is 4.79 Å². The Kier molecular flexibility index (Phi) is 4.29. The highest BCUT2D eigenvalue weighted by molar-refractivity contribution is 14.1. The third kappa shape index (κ3) is 3.06. The van der Waals surface area contributed by atoms with Crippen molar-refractivity contribution >= 4 is 39.3 Å².